The molecule has 0 spiro atoms. The summed E-state index contributed by atoms with van der Waals surface area (Å²) in [4.78, 5) is 24.5. The number of cyclic esters (lactones) is 1. The van der Waals surface area contributed by atoms with Crippen LogP contribution in [-0.2, 0) is 9.53 Å². The van der Waals surface area contributed by atoms with Gasteiger partial charge in [-0.3, -0.25) is 4.79 Å². The summed E-state index contributed by atoms with van der Waals surface area (Å²) in [7, 11) is 1.71. The molecule has 2 amide bonds. The van der Waals surface area contributed by atoms with Crippen molar-refractivity contribution in [1.29, 1.82) is 0 Å². The van der Waals surface area contributed by atoms with Crippen molar-refractivity contribution in [2.45, 2.75) is 57.1 Å². The van der Waals surface area contributed by atoms with E-state index in [0.29, 0.717) is 25.4 Å². The molecule has 5 nitrogen and oxygen atoms in total. The van der Waals surface area contributed by atoms with Gasteiger partial charge >= 0.3 is 6.09 Å². The fourth-order valence-corrected chi connectivity index (χ4v) is 2.64. The molecule has 0 aromatic rings. The zero-order valence-electron chi connectivity index (χ0n) is 11.0. The largest absolute Gasteiger partial charge is 0.444 e. The van der Waals surface area contributed by atoms with E-state index < -0.39 is 0 Å². The smallest absolute Gasteiger partial charge is 0.409 e. The molecule has 1 saturated heterocycles. The predicted octanol–water partition coefficient (Wildman–Crippen LogP) is 1.67. The Balaban J connectivity index is 1.64. The van der Waals surface area contributed by atoms with Crippen molar-refractivity contribution in [1.82, 2.24) is 10.2 Å². The number of carbonyl (C=O) groups is 2. The molecule has 1 atom stereocenters. The zero-order valence-corrected chi connectivity index (χ0v) is 11.0. The summed E-state index contributed by atoms with van der Waals surface area (Å²) >= 11 is 0. The van der Waals surface area contributed by atoms with Gasteiger partial charge in [-0.15, -0.1) is 0 Å². The molecule has 0 radical (unpaired) electrons. The van der Waals surface area contributed by atoms with Gasteiger partial charge < -0.3 is 15.0 Å². The lowest BCUT2D eigenvalue weighted by molar-refractivity contribution is -0.122. The molecule has 1 saturated carbocycles. The molecule has 1 aliphatic carbocycles. The molecule has 1 heterocycles. The topological polar surface area (TPSA) is 58.6 Å². The molecule has 2 aliphatic rings. The summed E-state index contributed by atoms with van der Waals surface area (Å²) in [6, 6.07) is 0.361. The molecular weight excluding hydrogens is 232 g/mol. The minimum Gasteiger partial charge on any atom is -0.444 e. The summed E-state index contributed by atoms with van der Waals surface area (Å²) in [5.41, 5.74) is 0. The number of carbonyl (C=O) groups excluding carboxylic acids is 2. The summed E-state index contributed by atoms with van der Waals surface area (Å²) in [6.07, 6.45) is 6.59. The van der Waals surface area contributed by atoms with Crippen molar-refractivity contribution in [3.63, 3.8) is 0 Å². The van der Waals surface area contributed by atoms with Crippen LogP contribution in [0.3, 0.4) is 0 Å². The number of nitrogens with one attached hydrogen (secondary N) is 1. The highest BCUT2D eigenvalue weighted by Crippen LogP contribution is 2.18. The maximum Gasteiger partial charge on any atom is 0.409 e. The minimum atomic E-state index is -0.285. The van der Waals surface area contributed by atoms with Crippen LogP contribution in [0.5, 0.6) is 0 Å². The number of likely N-dealkylation sites (N-methyl/N-ethyl adjacent to an activating group) is 1. The molecule has 18 heavy (non-hydrogen) atoms. The van der Waals surface area contributed by atoms with Crippen molar-refractivity contribution in [3.8, 4) is 0 Å². The Bertz CT molecular complexity index is 313. The number of amides is 2. The van der Waals surface area contributed by atoms with Gasteiger partial charge in [0.2, 0.25) is 5.91 Å². The highest BCUT2D eigenvalue weighted by Gasteiger charge is 2.28. The van der Waals surface area contributed by atoms with E-state index in [-0.39, 0.29) is 18.1 Å². The number of nitrogens with zero attached hydrogens (tertiary/aromatic N) is 1. The lowest BCUT2D eigenvalue weighted by Crippen LogP contribution is -2.36. The Morgan fingerprint density at radius 1 is 1.39 bits per heavy atom. The van der Waals surface area contributed by atoms with Crippen LogP contribution in [-0.4, -0.2) is 42.6 Å². The van der Waals surface area contributed by atoms with Gasteiger partial charge in [-0.05, 0) is 19.3 Å². The van der Waals surface area contributed by atoms with E-state index in [1.54, 1.807) is 11.9 Å². The number of hydrogen-bond donors (Lipinski definition) is 1. The lowest BCUT2D eigenvalue weighted by atomic mass is 9.95. The minimum absolute atomic E-state index is 0.0903. The maximum absolute atomic E-state index is 11.8. The Labute approximate surface area is 108 Å². The summed E-state index contributed by atoms with van der Waals surface area (Å²) < 4.78 is 5.12. The first-order chi connectivity index (χ1) is 8.65. The van der Waals surface area contributed by atoms with E-state index in [0.717, 1.165) is 12.8 Å². The van der Waals surface area contributed by atoms with E-state index in [2.05, 4.69) is 5.32 Å². The molecule has 2 rings (SSSR count). The van der Waals surface area contributed by atoms with Gasteiger partial charge in [-0.25, -0.2) is 4.79 Å². The second kappa shape index (κ2) is 6.07. The highest BCUT2D eigenvalue weighted by atomic mass is 16.6. The molecule has 5 heteroatoms. The van der Waals surface area contributed by atoms with Crippen LogP contribution in [0.2, 0.25) is 0 Å². The lowest BCUT2D eigenvalue weighted by Gasteiger charge is -2.22. The predicted molar refractivity (Wildman–Crippen MR) is 67.1 cm³/mol. The van der Waals surface area contributed by atoms with Crippen LogP contribution >= 0.6 is 0 Å². The van der Waals surface area contributed by atoms with Crippen LogP contribution in [0.25, 0.3) is 0 Å². The second-order valence-corrected chi connectivity index (χ2v) is 5.33. The van der Waals surface area contributed by atoms with E-state index in [1.165, 1.54) is 19.3 Å². The van der Waals surface area contributed by atoms with Crippen LogP contribution in [0.15, 0.2) is 0 Å². The number of hydrogen-bond acceptors (Lipinski definition) is 3. The average Bonchev–Trinajstić information content (AvgIpc) is 2.68. The van der Waals surface area contributed by atoms with E-state index in [9.17, 15) is 9.59 Å². The first-order valence-corrected chi connectivity index (χ1v) is 6.86. The first kappa shape index (κ1) is 13.2. The first-order valence-electron chi connectivity index (χ1n) is 6.86. The monoisotopic (exact) mass is 254 g/mol. The van der Waals surface area contributed by atoms with E-state index in [1.807, 2.05) is 0 Å². The number of rotatable bonds is 4. The van der Waals surface area contributed by atoms with Crippen molar-refractivity contribution in [2.24, 2.45) is 0 Å². The molecule has 1 N–H and O–H groups in total. The molecule has 1 aliphatic heterocycles. The third-order valence-electron chi connectivity index (χ3n) is 3.72. The molecular formula is C13H22N2O3. The van der Waals surface area contributed by atoms with Gasteiger partial charge in [0, 0.05) is 19.5 Å². The van der Waals surface area contributed by atoms with Crippen molar-refractivity contribution >= 4 is 12.0 Å². The van der Waals surface area contributed by atoms with Crippen molar-refractivity contribution in [2.75, 3.05) is 13.6 Å². The second-order valence-electron chi connectivity index (χ2n) is 5.33. The summed E-state index contributed by atoms with van der Waals surface area (Å²) in [6.45, 7) is 0.593. The fourth-order valence-electron chi connectivity index (χ4n) is 2.64. The number of ether oxygens (including phenoxy) is 1. The van der Waals surface area contributed by atoms with Crippen LogP contribution in [0.4, 0.5) is 4.79 Å². The Morgan fingerprint density at radius 3 is 2.72 bits per heavy atom. The van der Waals surface area contributed by atoms with Gasteiger partial charge in [0.05, 0.1) is 6.54 Å². The molecule has 102 valence electrons. The zero-order chi connectivity index (χ0) is 13.0. The Hall–Kier alpha value is -1.26. The molecule has 0 bridgehead atoms. The quantitative estimate of drug-likeness (QED) is 0.830. The third-order valence-corrected chi connectivity index (χ3v) is 3.72. The Kier molecular flexibility index (Phi) is 4.44. The fraction of sp³-hybridized carbons (Fsp3) is 0.846. The van der Waals surface area contributed by atoms with Crippen molar-refractivity contribution < 1.29 is 14.3 Å². The molecule has 0 aromatic heterocycles. The van der Waals surface area contributed by atoms with Crippen LogP contribution in [0.1, 0.15) is 44.9 Å². The third kappa shape index (κ3) is 3.62. The van der Waals surface area contributed by atoms with E-state index >= 15 is 0 Å². The van der Waals surface area contributed by atoms with E-state index in [4.69, 9.17) is 4.74 Å². The Morgan fingerprint density at radius 2 is 2.11 bits per heavy atom. The van der Waals surface area contributed by atoms with Crippen LogP contribution < -0.4 is 5.32 Å². The van der Waals surface area contributed by atoms with Gasteiger partial charge in [0.15, 0.2) is 0 Å². The summed E-state index contributed by atoms with van der Waals surface area (Å²) in [5.74, 6) is 0.0903. The molecule has 0 aromatic carbocycles. The standard InChI is InChI=1S/C13H22N2O3/c1-15-9-11(18-13(15)17)7-8-12(16)14-10-5-3-2-4-6-10/h10-11H,2-9H2,1H3,(H,14,16). The van der Waals surface area contributed by atoms with Gasteiger partial charge in [-0.1, -0.05) is 19.3 Å². The average molecular weight is 254 g/mol. The van der Waals surface area contributed by atoms with Gasteiger partial charge in [-0.2, -0.15) is 0 Å². The van der Waals surface area contributed by atoms with Gasteiger partial charge in [0.25, 0.3) is 0 Å². The SMILES string of the molecule is CN1CC(CCC(=O)NC2CCCCC2)OC1=O. The van der Waals surface area contributed by atoms with Crippen molar-refractivity contribution in [3.05, 3.63) is 0 Å². The highest BCUT2D eigenvalue weighted by molar-refractivity contribution is 5.76. The summed E-state index contributed by atoms with van der Waals surface area (Å²) in [5, 5.41) is 3.07. The van der Waals surface area contributed by atoms with Crippen LogP contribution in [0, 0.1) is 0 Å². The maximum atomic E-state index is 11.8. The normalized spacial score (nSPS) is 25.1. The molecule has 2 fully saturated rings. The van der Waals surface area contributed by atoms with Gasteiger partial charge in [0.1, 0.15) is 6.10 Å². The molecule has 1 unspecified atom stereocenters.